The second-order valence-electron chi connectivity index (χ2n) is 3.35. The Hall–Kier alpha value is -1.35. The Labute approximate surface area is 82.6 Å². The summed E-state index contributed by atoms with van der Waals surface area (Å²) < 4.78 is 10.2. The first-order valence-corrected chi connectivity index (χ1v) is 4.53. The topological polar surface area (TPSA) is 35.5 Å². The molecule has 1 fully saturated rings. The van der Waals surface area contributed by atoms with Gasteiger partial charge in [-0.3, -0.25) is 0 Å². The van der Waals surface area contributed by atoms with Gasteiger partial charge in [0.1, 0.15) is 6.10 Å². The first-order chi connectivity index (χ1) is 6.71. The Morgan fingerprint density at radius 2 is 2.00 bits per heavy atom. The number of cyclic esters (lactones) is 1. The Morgan fingerprint density at radius 3 is 2.43 bits per heavy atom. The maximum Gasteiger partial charge on any atom is 0.347 e. The maximum absolute atomic E-state index is 11.4. The van der Waals surface area contributed by atoms with E-state index in [1.54, 1.807) is 0 Å². The van der Waals surface area contributed by atoms with Crippen LogP contribution in [0.4, 0.5) is 0 Å². The lowest BCUT2D eigenvalue weighted by atomic mass is 9.84. The van der Waals surface area contributed by atoms with Crippen LogP contribution in [0.2, 0.25) is 0 Å². The number of ether oxygens (including phenoxy) is 2. The van der Waals surface area contributed by atoms with Crippen molar-refractivity contribution in [3.05, 3.63) is 35.9 Å². The Kier molecular flexibility index (Phi) is 2.04. The molecule has 3 nitrogen and oxygen atoms in total. The van der Waals surface area contributed by atoms with Gasteiger partial charge < -0.3 is 9.47 Å². The molecular weight excluding hydrogens is 180 g/mol. The van der Waals surface area contributed by atoms with E-state index in [-0.39, 0.29) is 12.1 Å². The summed E-state index contributed by atoms with van der Waals surface area (Å²) in [6, 6.07) is 9.42. The number of carbonyl (C=O) groups excluding carboxylic acids is 1. The highest BCUT2D eigenvalue weighted by Crippen LogP contribution is 2.40. The molecule has 0 N–H and O–H groups in total. The molecule has 3 heteroatoms. The summed E-state index contributed by atoms with van der Waals surface area (Å²) in [6.07, 6.45) is -0.220. The van der Waals surface area contributed by atoms with Crippen LogP contribution in [0, 0.1) is 0 Å². The highest BCUT2D eigenvalue weighted by atomic mass is 16.6. The van der Waals surface area contributed by atoms with Crippen molar-refractivity contribution in [3.63, 3.8) is 0 Å². The smallest absolute Gasteiger partial charge is 0.347 e. The van der Waals surface area contributed by atoms with E-state index in [2.05, 4.69) is 0 Å². The lowest BCUT2D eigenvalue weighted by molar-refractivity contribution is -0.236. The minimum absolute atomic E-state index is 0.220. The summed E-state index contributed by atoms with van der Waals surface area (Å²) in [5.41, 5.74) is -0.0346. The van der Waals surface area contributed by atoms with Crippen molar-refractivity contribution in [2.45, 2.75) is 18.6 Å². The third-order valence-corrected chi connectivity index (χ3v) is 2.68. The summed E-state index contributed by atoms with van der Waals surface area (Å²) >= 11 is 0. The van der Waals surface area contributed by atoms with Gasteiger partial charge in [0.05, 0.1) is 0 Å². The summed E-state index contributed by atoms with van der Waals surface area (Å²) in [7, 11) is 1.53. The molecule has 0 radical (unpaired) electrons. The van der Waals surface area contributed by atoms with Gasteiger partial charge in [0.25, 0.3) is 0 Å². The minimum Gasteiger partial charge on any atom is -0.456 e. The quantitative estimate of drug-likeness (QED) is 0.666. The van der Waals surface area contributed by atoms with E-state index in [1.165, 1.54) is 7.11 Å². The Bertz CT molecular complexity index is 347. The highest BCUT2D eigenvalue weighted by molar-refractivity contribution is 5.87. The van der Waals surface area contributed by atoms with Crippen molar-refractivity contribution in [3.8, 4) is 0 Å². The molecule has 0 amide bonds. The van der Waals surface area contributed by atoms with Gasteiger partial charge in [-0.2, -0.15) is 0 Å². The summed E-state index contributed by atoms with van der Waals surface area (Å²) in [5.74, 6) is -0.307. The summed E-state index contributed by atoms with van der Waals surface area (Å²) in [6.45, 7) is 1.83. The lowest BCUT2D eigenvalue weighted by Gasteiger charge is -2.43. The van der Waals surface area contributed by atoms with E-state index < -0.39 is 5.60 Å². The summed E-state index contributed by atoms with van der Waals surface area (Å²) in [5, 5.41) is 0. The number of hydrogen-bond acceptors (Lipinski definition) is 3. The van der Waals surface area contributed by atoms with Crippen molar-refractivity contribution in [1.29, 1.82) is 0 Å². The van der Waals surface area contributed by atoms with E-state index in [9.17, 15) is 4.79 Å². The molecule has 1 aromatic carbocycles. The average molecular weight is 192 g/mol. The first kappa shape index (κ1) is 9.21. The fraction of sp³-hybridized carbons (Fsp3) is 0.364. The van der Waals surface area contributed by atoms with Gasteiger partial charge >= 0.3 is 5.97 Å². The number of esters is 1. The number of carbonyl (C=O) groups is 1. The molecule has 0 aromatic heterocycles. The van der Waals surface area contributed by atoms with Gasteiger partial charge in [0.15, 0.2) is 0 Å². The maximum atomic E-state index is 11.4. The Morgan fingerprint density at radius 1 is 1.36 bits per heavy atom. The van der Waals surface area contributed by atoms with Crippen molar-refractivity contribution in [2.75, 3.05) is 7.11 Å². The zero-order valence-corrected chi connectivity index (χ0v) is 8.19. The van der Waals surface area contributed by atoms with E-state index in [1.807, 2.05) is 37.3 Å². The molecule has 14 heavy (non-hydrogen) atoms. The van der Waals surface area contributed by atoms with Crippen molar-refractivity contribution in [1.82, 2.24) is 0 Å². The number of rotatable bonds is 2. The minimum atomic E-state index is -0.888. The van der Waals surface area contributed by atoms with Crippen molar-refractivity contribution in [2.24, 2.45) is 0 Å². The monoisotopic (exact) mass is 192 g/mol. The molecule has 74 valence electrons. The third-order valence-electron chi connectivity index (χ3n) is 2.68. The third kappa shape index (κ3) is 0.990. The van der Waals surface area contributed by atoms with E-state index in [0.29, 0.717) is 0 Å². The van der Waals surface area contributed by atoms with Crippen LogP contribution in [0.25, 0.3) is 0 Å². The predicted octanol–water partition coefficient (Wildman–Crippen LogP) is 1.47. The van der Waals surface area contributed by atoms with Crippen LogP contribution in [0.3, 0.4) is 0 Å². The standard InChI is InChI=1S/C11H12O3/c1-8-11(13-2,10(12)14-8)9-6-4-3-5-7-9/h3-8H,1-2H3/t8-,11+/m1/s1. The van der Waals surface area contributed by atoms with Gasteiger partial charge in [-0.05, 0) is 12.5 Å². The van der Waals surface area contributed by atoms with Crippen LogP contribution in [0.15, 0.2) is 30.3 Å². The molecule has 1 aromatic rings. The predicted molar refractivity (Wildman–Crippen MR) is 50.7 cm³/mol. The lowest BCUT2D eigenvalue weighted by Crippen LogP contribution is -2.59. The normalized spacial score (nSPS) is 30.7. The van der Waals surface area contributed by atoms with Gasteiger partial charge in [0, 0.05) is 7.11 Å². The van der Waals surface area contributed by atoms with Crippen molar-refractivity contribution >= 4 is 5.97 Å². The molecule has 1 aliphatic heterocycles. The molecule has 0 spiro atoms. The van der Waals surface area contributed by atoms with Crippen LogP contribution >= 0.6 is 0 Å². The molecule has 0 aliphatic carbocycles. The zero-order chi connectivity index (χ0) is 10.2. The second kappa shape index (κ2) is 3.10. The van der Waals surface area contributed by atoms with Gasteiger partial charge in [-0.1, -0.05) is 30.3 Å². The molecule has 2 rings (SSSR count). The number of hydrogen-bond donors (Lipinski definition) is 0. The molecule has 0 bridgehead atoms. The van der Waals surface area contributed by atoms with Crippen LogP contribution < -0.4 is 0 Å². The zero-order valence-electron chi connectivity index (χ0n) is 8.19. The second-order valence-corrected chi connectivity index (χ2v) is 3.35. The molecule has 2 atom stereocenters. The highest BCUT2D eigenvalue weighted by Gasteiger charge is 2.57. The van der Waals surface area contributed by atoms with E-state index >= 15 is 0 Å². The largest absolute Gasteiger partial charge is 0.456 e. The fourth-order valence-corrected chi connectivity index (χ4v) is 1.84. The van der Waals surface area contributed by atoms with Crippen LogP contribution in [-0.4, -0.2) is 19.2 Å². The Balaban J connectivity index is 2.44. The van der Waals surface area contributed by atoms with Gasteiger partial charge in [-0.25, -0.2) is 4.79 Å². The van der Waals surface area contributed by atoms with E-state index in [0.717, 1.165) is 5.56 Å². The molecular formula is C11H12O3. The van der Waals surface area contributed by atoms with E-state index in [4.69, 9.17) is 9.47 Å². The van der Waals surface area contributed by atoms with Crippen molar-refractivity contribution < 1.29 is 14.3 Å². The van der Waals surface area contributed by atoms with Crippen LogP contribution in [0.1, 0.15) is 12.5 Å². The number of benzene rings is 1. The van der Waals surface area contributed by atoms with Gasteiger partial charge in [0.2, 0.25) is 5.60 Å². The molecule has 1 aliphatic rings. The summed E-state index contributed by atoms with van der Waals surface area (Å²) in [4.78, 5) is 11.4. The molecule has 0 unspecified atom stereocenters. The first-order valence-electron chi connectivity index (χ1n) is 4.53. The number of methoxy groups -OCH3 is 1. The average Bonchev–Trinajstić information content (AvgIpc) is 2.21. The molecule has 0 saturated carbocycles. The van der Waals surface area contributed by atoms with Crippen LogP contribution in [0.5, 0.6) is 0 Å². The van der Waals surface area contributed by atoms with Gasteiger partial charge in [-0.15, -0.1) is 0 Å². The molecule has 1 saturated heterocycles. The SMILES string of the molecule is CO[C@@]1(c2ccccc2)C(=O)O[C@@H]1C. The van der Waals surface area contributed by atoms with Crippen LogP contribution in [-0.2, 0) is 19.9 Å². The fourth-order valence-electron chi connectivity index (χ4n) is 1.84. The molecule has 1 heterocycles.